The zero-order valence-corrected chi connectivity index (χ0v) is 13.4. The summed E-state index contributed by atoms with van der Waals surface area (Å²) in [5, 5.41) is 3.63. The van der Waals surface area contributed by atoms with Crippen molar-refractivity contribution in [2.24, 2.45) is 0 Å². The molecule has 1 saturated carbocycles. The molecule has 0 aliphatic heterocycles. The lowest BCUT2D eigenvalue weighted by Crippen LogP contribution is -2.25. The van der Waals surface area contributed by atoms with E-state index in [0.717, 1.165) is 12.3 Å². The Morgan fingerprint density at radius 3 is 2.62 bits per heavy atom. The van der Waals surface area contributed by atoms with Crippen molar-refractivity contribution in [3.63, 3.8) is 0 Å². The average Bonchev–Trinajstić information content (AvgIpc) is 2.77. The maximum atomic E-state index is 6.30. The van der Waals surface area contributed by atoms with Crippen LogP contribution in [0.4, 0.5) is 0 Å². The van der Waals surface area contributed by atoms with Gasteiger partial charge in [0.2, 0.25) is 0 Å². The van der Waals surface area contributed by atoms with Gasteiger partial charge in [-0.2, -0.15) is 0 Å². The van der Waals surface area contributed by atoms with Crippen LogP contribution in [0.15, 0.2) is 18.2 Å². The van der Waals surface area contributed by atoms with E-state index < -0.39 is 0 Å². The van der Waals surface area contributed by atoms with Gasteiger partial charge >= 0.3 is 0 Å². The second kappa shape index (κ2) is 7.31. The Bertz CT molecular complexity index is 449. The number of nitrogens with one attached hydrogen (secondary N) is 1. The summed E-state index contributed by atoms with van der Waals surface area (Å²) >= 11 is 0. The van der Waals surface area contributed by atoms with Crippen molar-refractivity contribution in [1.29, 1.82) is 0 Å². The van der Waals surface area contributed by atoms with Crippen molar-refractivity contribution < 1.29 is 4.74 Å². The first kappa shape index (κ1) is 14.9. The fraction of sp³-hybridized carbons (Fsp3) is 0.684. The topological polar surface area (TPSA) is 21.3 Å². The third-order valence-electron chi connectivity index (χ3n) is 4.99. The highest BCUT2D eigenvalue weighted by Crippen LogP contribution is 2.33. The van der Waals surface area contributed by atoms with Crippen LogP contribution in [0.1, 0.15) is 75.5 Å². The van der Waals surface area contributed by atoms with Crippen LogP contribution in [0.5, 0.6) is 5.75 Å². The maximum Gasteiger partial charge on any atom is 0.120 e. The number of hydrogen-bond donors (Lipinski definition) is 1. The van der Waals surface area contributed by atoms with Gasteiger partial charge in [0.25, 0.3) is 0 Å². The molecule has 0 heterocycles. The molecule has 116 valence electrons. The monoisotopic (exact) mass is 287 g/mol. The molecule has 0 spiro atoms. The summed E-state index contributed by atoms with van der Waals surface area (Å²) in [6.45, 7) is 3.23. The summed E-state index contributed by atoms with van der Waals surface area (Å²) in [6.07, 6.45) is 12.1. The van der Waals surface area contributed by atoms with E-state index in [1.165, 1.54) is 68.9 Å². The molecule has 0 radical (unpaired) electrons. The number of aryl methyl sites for hydroxylation is 1. The lowest BCUT2D eigenvalue weighted by molar-refractivity contribution is 0.183. The highest BCUT2D eigenvalue weighted by atomic mass is 16.5. The molecular weight excluding hydrogens is 258 g/mol. The molecule has 0 aromatic heterocycles. The van der Waals surface area contributed by atoms with Crippen LogP contribution in [0, 0.1) is 0 Å². The fourth-order valence-electron chi connectivity index (χ4n) is 3.86. The summed E-state index contributed by atoms with van der Waals surface area (Å²) in [5.74, 6) is 1.09. The van der Waals surface area contributed by atoms with Crippen molar-refractivity contribution in [1.82, 2.24) is 5.32 Å². The molecule has 0 bridgehead atoms. The van der Waals surface area contributed by atoms with Crippen molar-refractivity contribution in [2.45, 2.75) is 76.9 Å². The van der Waals surface area contributed by atoms with E-state index in [2.05, 4.69) is 30.4 Å². The van der Waals surface area contributed by atoms with E-state index in [1.807, 2.05) is 0 Å². The molecule has 2 aliphatic rings. The van der Waals surface area contributed by atoms with Gasteiger partial charge in [-0.05, 0) is 74.8 Å². The van der Waals surface area contributed by atoms with E-state index in [4.69, 9.17) is 4.74 Å². The van der Waals surface area contributed by atoms with E-state index in [1.54, 1.807) is 0 Å². The molecule has 1 N–H and O–H groups in total. The van der Waals surface area contributed by atoms with E-state index in [-0.39, 0.29) is 0 Å². The Morgan fingerprint density at radius 1 is 1.05 bits per heavy atom. The minimum absolute atomic E-state index is 0.437. The van der Waals surface area contributed by atoms with Gasteiger partial charge in [-0.3, -0.25) is 0 Å². The molecule has 1 atom stereocenters. The van der Waals surface area contributed by atoms with Crippen LogP contribution in [0.25, 0.3) is 0 Å². The zero-order chi connectivity index (χ0) is 14.5. The Morgan fingerprint density at radius 2 is 1.86 bits per heavy atom. The van der Waals surface area contributed by atoms with E-state index >= 15 is 0 Å². The second-order valence-corrected chi connectivity index (χ2v) is 6.59. The molecule has 1 fully saturated rings. The summed E-state index contributed by atoms with van der Waals surface area (Å²) < 4.78 is 6.30. The number of hydrogen-bond acceptors (Lipinski definition) is 2. The Kier molecular flexibility index (Phi) is 5.18. The lowest BCUT2D eigenvalue weighted by Gasteiger charge is -2.27. The average molecular weight is 287 g/mol. The first-order valence-corrected chi connectivity index (χ1v) is 8.89. The van der Waals surface area contributed by atoms with Crippen LogP contribution < -0.4 is 10.1 Å². The van der Waals surface area contributed by atoms with E-state index in [9.17, 15) is 0 Å². The van der Waals surface area contributed by atoms with Gasteiger partial charge in [0.15, 0.2) is 0 Å². The minimum Gasteiger partial charge on any atom is -0.490 e. The fourth-order valence-corrected chi connectivity index (χ4v) is 3.86. The Labute approximate surface area is 129 Å². The molecule has 2 aliphatic carbocycles. The Balaban J connectivity index is 1.72. The quantitative estimate of drug-likeness (QED) is 0.805. The summed E-state index contributed by atoms with van der Waals surface area (Å²) in [4.78, 5) is 0. The number of ether oxygens (including phenoxy) is 1. The molecule has 1 aromatic rings. The van der Waals surface area contributed by atoms with Gasteiger partial charge in [0, 0.05) is 6.04 Å². The molecule has 2 nitrogen and oxygen atoms in total. The summed E-state index contributed by atoms with van der Waals surface area (Å²) in [6, 6.07) is 7.33. The molecule has 2 heteroatoms. The predicted molar refractivity (Wildman–Crippen MR) is 87.9 cm³/mol. The van der Waals surface area contributed by atoms with Crippen LogP contribution in [0.3, 0.4) is 0 Å². The highest BCUT2D eigenvalue weighted by molar-refractivity contribution is 5.39. The molecule has 1 unspecified atom stereocenters. The molecule has 21 heavy (non-hydrogen) atoms. The van der Waals surface area contributed by atoms with E-state index in [0.29, 0.717) is 12.1 Å². The highest BCUT2D eigenvalue weighted by Gasteiger charge is 2.21. The maximum absolute atomic E-state index is 6.30. The first-order valence-electron chi connectivity index (χ1n) is 8.89. The molecule has 1 aromatic carbocycles. The van der Waals surface area contributed by atoms with Crippen molar-refractivity contribution in [3.05, 3.63) is 29.3 Å². The zero-order valence-electron chi connectivity index (χ0n) is 13.4. The minimum atomic E-state index is 0.437. The lowest BCUT2D eigenvalue weighted by atomic mass is 9.87. The van der Waals surface area contributed by atoms with Gasteiger partial charge in [-0.15, -0.1) is 0 Å². The largest absolute Gasteiger partial charge is 0.490 e. The van der Waals surface area contributed by atoms with Crippen molar-refractivity contribution in [3.8, 4) is 5.75 Å². The normalized spacial score (nSPS) is 23.4. The molecule has 3 rings (SSSR count). The van der Waals surface area contributed by atoms with Gasteiger partial charge in [-0.25, -0.2) is 0 Å². The van der Waals surface area contributed by atoms with Gasteiger partial charge in [0.05, 0.1) is 6.10 Å². The third kappa shape index (κ3) is 3.79. The van der Waals surface area contributed by atoms with Crippen LogP contribution in [-0.4, -0.2) is 12.6 Å². The smallest absolute Gasteiger partial charge is 0.120 e. The molecular formula is C19H29NO. The van der Waals surface area contributed by atoms with Crippen molar-refractivity contribution >= 4 is 0 Å². The number of fused-ring (bicyclic) bond motifs is 1. The Hall–Kier alpha value is -1.02. The van der Waals surface area contributed by atoms with Crippen LogP contribution >= 0.6 is 0 Å². The number of rotatable bonds is 4. The van der Waals surface area contributed by atoms with Crippen LogP contribution in [0.2, 0.25) is 0 Å². The predicted octanol–water partition coefficient (Wildman–Crippen LogP) is 4.78. The summed E-state index contributed by atoms with van der Waals surface area (Å²) in [7, 11) is 0. The van der Waals surface area contributed by atoms with Gasteiger partial charge in [0.1, 0.15) is 5.75 Å². The van der Waals surface area contributed by atoms with Crippen LogP contribution in [-0.2, 0) is 6.42 Å². The third-order valence-corrected chi connectivity index (χ3v) is 4.99. The summed E-state index contributed by atoms with van der Waals surface area (Å²) in [5.41, 5.74) is 3.00. The SMILES string of the molecule is CCNC1CCCc2ccc(OC3CCCCCC3)cc21. The standard InChI is InChI=1S/C19H29NO/c1-2-20-19-11-7-8-15-12-13-17(14-18(15)19)21-16-9-5-3-4-6-10-16/h12-14,16,19-20H,2-11H2,1H3. The molecule has 0 saturated heterocycles. The second-order valence-electron chi connectivity index (χ2n) is 6.59. The number of benzene rings is 1. The molecule has 0 amide bonds. The van der Waals surface area contributed by atoms with Crippen molar-refractivity contribution in [2.75, 3.05) is 6.54 Å². The first-order chi connectivity index (χ1) is 10.4. The van der Waals surface area contributed by atoms with Gasteiger partial charge in [-0.1, -0.05) is 25.8 Å². The van der Waals surface area contributed by atoms with Gasteiger partial charge < -0.3 is 10.1 Å².